The Hall–Kier alpha value is -2.78. The van der Waals surface area contributed by atoms with Gasteiger partial charge >= 0.3 is 0 Å². The third-order valence-corrected chi connectivity index (χ3v) is 6.28. The fourth-order valence-corrected chi connectivity index (χ4v) is 4.36. The van der Waals surface area contributed by atoms with Crippen LogP contribution in [0.4, 0.5) is 10.1 Å². The summed E-state index contributed by atoms with van der Waals surface area (Å²) < 4.78 is 19.2. The van der Waals surface area contributed by atoms with Crippen LogP contribution in [0.3, 0.4) is 0 Å². The molecule has 0 bridgehead atoms. The number of nitriles is 1. The van der Waals surface area contributed by atoms with E-state index in [-0.39, 0.29) is 11.7 Å². The summed E-state index contributed by atoms with van der Waals surface area (Å²) in [4.78, 5) is 15.0. The summed E-state index contributed by atoms with van der Waals surface area (Å²) in [5.41, 5.74) is 0.128. The van der Waals surface area contributed by atoms with E-state index in [0.29, 0.717) is 49.7 Å². The van der Waals surface area contributed by atoms with Crippen molar-refractivity contribution in [3.63, 3.8) is 0 Å². The highest BCUT2D eigenvalue weighted by Crippen LogP contribution is 2.38. The van der Waals surface area contributed by atoms with Crippen LogP contribution in [0.15, 0.2) is 42.5 Å². The van der Waals surface area contributed by atoms with Gasteiger partial charge in [0, 0.05) is 18.1 Å². The molecule has 1 fully saturated rings. The molecule has 156 valence electrons. The zero-order valence-corrected chi connectivity index (χ0v) is 17.5. The van der Waals surface area contributed by atoms with Crippen molar-refractivity contribution in [3.05, 3.63) is 58.9 Å². The van der Waals surface area contributed by atoms with Crippen molar-refractivity contribution in [1.82, 2.24) is 4.90 Å². The second kappa shape index (κ2) is 7.81. The minimum Gasteiger partial charge on any atom is -0.474 e. The molecule has 2 aliphatic heterocycles. The highest BCUT2D eigenvalue weighted by molar-refractivity contribution is 6.31. The number of ether oxygens (including phenoxy) is 1. The molecule has 0 aliphatic carbocycles. The van der Waals surface area contributed by atoms with E-state index in [1.54, 1.807) is 42.2 Å². The molecule has 1 N–H and O–H groups in total. The van der Waals surface area contributed by atoms with Crippen LogP contribution in [-0.4, -0.2) is 36.0 Å². The molecule has 4 rings (SSSR count). The molecule has 1 saturated heterocycles. The zero-order chi connectivity index (χ0) is 21.4. The lowest BCUT2D eigenvalue weighted by atomic mass is 9.75. The van der Waals surface area contributed by atoms with Gasteiger partial charge in [-0.3, -0.25) is 4.79 Å². The first-order valence-electron chi connectivity index (χ1n) is 10.0. The van der Waals surface area contributed by atoms with Gasteiger partial charge in [0.05, 0.1) is 23.7 Å². The van der Waals surface area contributed by atoms with Gasteiger partial charge in [-0.05, 0) is 62.1 Å². The van der Waals surface area contributed by atoms with Gasteiger partial charge in [-0.15, -0.1) is 0 Å². The summed E-state index contributed by atoms with van der Waals surface area (Å²) in [7, 11) is 0. The van der Waals surface area contributed by atoms with Crippen molar-refractivity contribution >= 4 is 23.2 Å². The number of piperidine rings is 1. The Bertz CT molecular complexity index is 996. The summed E-state index contributed by atoms with van der Waals surface area (Å²) in [6.45, 7) is 3.10. The molecule has 5 nitrogen and oxygen atoms in total. The standard InChI is InChI=1S/C23H23ClFN3O2/c1-22(15-27-19-12-17(24)4-7-20(19)30-22)21(29)28-10-8-23(14-26,9-11-28)13-16-2-5-18(25)6-3-16/h2-7,12,27H,8-11,13,15H2,1H3. The molecule has 1 atom stereocenters. The van der Waals surface area contributed by atoms with Gasteiger partial charge in [0.25, 0.3) is 5.91 Å². The molecule has 0 saturated carbocycles. The third-order valence-electron chi connectivity index (χ3n) is 6.05. The Kier molecular flexibility index (Phi) is 5.33. The first-order valence-corrected chi connectivity index (χ1v) is 10.4. The van der Waals surface area contributed by atoms with E-state index in [2.05, 4.69) is 11.4 Å². The van der Waals surface area contributed by atoms with Crippen molar-refractivity contribution < 1.29 is 13.9 Å². The Morgan fingerprint density at radius 1 is 1.27 bits per heavy atom. The highest BCUT2D eigenvalue weighted by atomic mass is 35.5. The van der Waals surface area contributed by atoms with Crippen LogP contribution in [0.2, 0.25) is 5.02 Å². The van der Waals surface area contributed by atoms with E-state index in [9.17, 15) is 14.4 Å². The van der Waals surface area contributed by atoms with Crippen molar-refractivity contribution in [1.29, 1.82) is 5.26 Å². The Labute approximate surface area is 180 Å². The number of rotatable bonds is 3. The van der Waals surface area contributed by atoms with Gasteiger partial charge in [-0.25, -0.2) is 4.39 Å². The molecule has 0 aromatic heterocycles. The van der Waals surface area contributed by atoms with Crippen molar-refractivity contribution in [3.8, 4) is 11.8 Å². The second-order valence-electron chi connectivity index (χ2n) is 8.31. The number of likely N-dealkylation sites (tertiary alicyclic amines) is 1. The smallest absolute Gasteiger partial charge is 0.268 e. The maximum atomic E-state index is 13.3. The predicted octanol–water partition coefficient (Wildman–Crippen LogP) is 4.42. The van der Waals surface area contributed by atoms with Gasteiger partial charge in [-0.1, -0.05) is 23.7 Å². The fraction of sp³-hybridized carbons (Fsp3) is 0.391. The summed E-state index contributed by atoms with van der Waals surface area (Å²) >= 11 is 6.02. The van der Waals surface area contributed by atoms with Gasteiger partial charge in [0.1, 0.15) is 11.6 Å². The summed E-state index contributed by atoms with van der Waals surface area (Å²) in [6.07, 6.45) is 1.69. The molecule has 7 heteroatoms. The lowest BCUT2D eigenvalue weighted by Crippen LogP contribution is -2.58. The Balaban J connectivity index is 1.43. The van der Waals surface area contributed by atoms with E-state index < -0.39 is 11.0 Å². The number of hydrogen-bond acceptors (Lipinski definition) is 4. The number of fused-ring (bicyclic) bond motifs is 1. The zero-order valence-electron chi connectivity index (χ0n) is 16.8. The van der Waals surface area contributed by atoms with E-state index >= 15 is 0 Å². The first kappa shape index (κ1) is 20.5. The SMILES string of the molecule is CC1(C(=O)N2CCC(C#N)(Cc3ccc(F)cc3)CC2)CNc2cc(Cl)ccc2O1. The number of amides is 1. The van der Waals surface area contributed by atoms with Crippen molar-refractivity contribution in [2.45, 2.75) is 31.8 Å². The number of nitrogens with one attached hydrogen (secondary N) is 1. The predicted molar refractivity (Wildman–Crippen MR) is 113 cm³/mol. The number of anilines is 1. The number of benzene rings is 2. The molecule has 2 aliphatic rings. The largest absolute Gasteiger partial charge is 0.474 e. The molecule has 0 spiro atoms. The van der Waals surface area contributed by atoms with Crippen LogP contribution < -0.4 is 10.1 Å². The Morgan fingerprint density at radius 3 is 2.63 bits per heavy atom. The van der Waals surface area contributed by atoms with Gasteiger partial charge in [-0.2, -0.15) is 5.26 Å². The first-order chi connectivity index (χ1) is 14.3. The fourth-order valence-electron chi connectivity index (χ4n) is 4.18. The average Bonchev–Trinajstić information content (AvgIpc) is 2.76. The maximum Gasteiger partial charge on any atom is 0.268 e. The summed E-state index contributed by atoms with van der Waals surface area (Å²) in [5.74, 6) is 0.216. The van der Waals surface area contributed by atoms with Crippen molar-refractivity contribution in [2.75, 3.05) is 25.0 Å². The molecule has 2 heterocycles. The normalized spacial score (nSPS) is 22.3. The topological polar surface area (TPSA) is 65.4 Å². The Morgan fingerprint density at radius 2 is 1.97 bits per heavy atom. The molecule has 2 aromatic rings. The number of hydrogen-bond donors (Lipinski definition) is 1. The van der Waals surface area contributed by atoms with E-state index in [1.807, 2.05) is 0 Å². The lowest BCUT2D eigenvalue weighted by molar-refractivity contribution is -0.148. The van der Waals surface area contributed by atoms with E-state index in [1.165, 1.54) is 12.1 Å². The highest BCUT2D eigenvalue weighted by Gasteiger charge is 2.45. The van der Waals surface area contributed by atoms with E-state index in [0.717, 1.165) is 11.3 Å². The molecule has 2 aromatic carbocycles. The van der Waals surface area contributed by atoms with Gasteiger partial charge < -0.3 is 15.0 Å². The number of carbonyl (C=O) groups excluding carboxylic acids is 1. The molecular weight excluding hydrogens is 405 g/mol. The molecule has 0 radical (unpaired) electrons. The van der Waals surface area contributed by atoms with Crippen LogP contribution >= 0.6 is 11.6 Å². The maximum absolute atomic E-state index is 13.3. The quantitative estimate of drug-likeness (QED) is 0.787. The third kappa shape index (κ3) is 3.95. The number of nitrogens with zero attached hydrogens (tertiary/aromatic N) is 2. The summed E-state index contributed by atoms with van der Waals surface area (Å²) in [6, 6.07) is 14.0. The minimum absolute atomic E-state index is 0.0936. The van der Waals surface area contributed by atoms with Crippen LogP contribution in [0, 0.1) is 22.6 Å². The lowest BCUT2D eigenvalue weighted by Gasteiger charge is -2.42. The average molecular weight is 428 g/mol. The van der Waals surface area contributed by atoms with Crippen LogP contribution in [-0.2, 0) is 11.2 Å². The molecule has 30 heavy (non-hydrogen) atoms. The molecule has 1 amide bonds. The number of carbonyl (C=O) groups is 1. The number of halogens is 2. The van der Waals surface area contributed by atoms with Crippen LogP contribution in [0.1, 0.15) is 25.3 Å². The minimum atomic E-state index is -1.02. The second-order valence-corrected chi connectivity index (χ2v) is 8.75. The molecule has 1 unspecified atom stereocenters. The van der Waals surface area contributed by atoms with Crippen molar-refractivity contribution in [2.24, 2.45) is 5.41 Å². The summed E-state index contributed by atoms with van der Waals surface area (Å²) in [5, 5.41) is 13.7. The van der Waals surface area contributed by atoms with E-state index in [4.69, 9.17) is 16.3 Å². The van der Waals surface area contributed by atoms with Gasteiger partial charge in [0.15, 0.2) is 0 Å². The van der Waals surface area contributed by atoms with Gasteiger partial charge in [0.2, 0.25) is 5.60 Å². The van der Waals surface area contributed by atoms with Crippen LogP contribution in [0.25, 0.3) is 0 Å². The monoisotopic (exact) mass is 427 g/mol. The molecular formula is C23H23ClFN3O2. The van der Waals surface area contributed by atoms with Crippen LogP contribution in [0.5, 0.6) is 5.75 Å².